The number of carbonyl (C=O) groups excluding carboxylic acids is 2. The number of halogens is 1. The number of aldehydes is 1. The quantitative estimate of drug-likeness (QED) is 0.259. The van der Waals surface area contributed by atoms with E-state index in [4.69, 9.17) is 4.74 Å². The Hall–Kier alpha value is -2.95. The first kappa shape index (κ1) is 21.3. The zero-order valence-electron chi connectivity index (χ0n) is 17.9. The molecule has 0 aliphatic heterocycles. The molecule has 1 aliphatic rings. The van der Waals surface area contributed by atoms with Crippen LogP contribution in [-0.4, -0.2) is 23.8 Å². The number of hydrogen-bond donors (Lipinski definition) is 1. The van der Waals surface area contributed by atoms with E-state index in [0.717, 1.165) is 47.8 Å². The number of ether oxygens (including phenoxy) is 1. The number of fused-ring (bicyclic) bond motifs is 1. The molecule has 1 N–H and O–H groups in total. The molecule has 0 radical (unpaired) electrons. The van der Waals surface area contributed by atoms with Crippen molar-refractivity contribution in [2.45, 2.75) is 57.8 Å². The van der Waals surface area contributed by atoms with Gasteiger partial charge in [0, 0.05) is 22.0 Å². The van der Waals surface area contributed by atoms with Gasteiger partial charge in [0.05, 0.1) is 17.9 Å². The van der Waals surface area contributed by atoms with Gasteiger partial charge in [-0.2, -0.15) is 0 Å². The average molecular weight is 422 g/mol. The van der Waals surface area contributed by atoms with E-state index >= 15 is 0 Å². The molecule has 2 aromatic carbocycles. The number of nitrogens with one attached hydrogen (secondary N) is 1. The predicted octanol–water partition coefficient (Wildman–Crippen LogP) is 6.79. The van der Waals surface area contributed by atoms with Crippen LogP contribution < -0.4 is 0 Å². The summed E-state index contributed by atoms with van der Waals surface area (Å²) in [6.07, 6.45) is 8.24. The highest BCUT2D eigenvalue weighted by Crippen LogP contribution is 2.43. The number of esters is 1. The van der Waals surface area contributed by atoms with Gasteiger partial charge in [-0.25, -0.2) is 9.18 Å². The lowest BCUT2D eigenvalue weighted by Crippen LogP contribution is -2.07. The number of aromatic nitrogens is 1. The SMILES string of the molecule is CCCCOC(=O)c1ccc2c(C3CCCCC3)c(-c3ccc(F)cc3C=O)[nH]c2c1. The standard InChI is InChI=1S/C26H28FNO3/c1-2-3-13-31-26(30)18-9-11-22-23(15-18)28-25(24(22)17-7-5-4-6-8-17)21-12-10-20(27)14-19(21)16-29/h9-12,14-17,28H,2-8,13H2,1H3. The molecule has 4 nitrogen and oxygen atoms in total. The maximum Gasteiger partial charge on any atom is 0.338 e. The Morgan fingerprint density at radius 3 is 2.71 bits per heavy atom. The summed E-state index contributed by atoms with van der Waals surface area (Å²) in [4.78, 5) is 27.6. The van der Waals surface area contributed by atoms with Crippen molar-refractivity contribution >= 4 is 23.2 Å². The highest BCUT2D eigenvalue weighted by atomic mass is 19.1. The molecule has 0 unspecified atom stereocenters. The van der Waals surface area contributed by atoms with Crippen LogP contribution in [0.4, 0.5) is 4.39 Å². The number of rotatable bonds is 7. The van der Waals surface area contributed by atoms with Gasteiger partial charge in [0.15, 0.2) is 6.29 Å². The van der Waals surface area contributed by atoms with E-state index in [0.29, 0.717) is 35.5 Å². The summed E-state index contributed by atoms with van der Waals surface area (Å²) in [6.45, 7) is 2.46. The number of benzene rings is 2. The van der Waals surface area contributed by atoms with Gasteiger partial charge in [-0.1, -0.05) is 38.7 Å². The number of hydrogen-bond acceptors (Lipinski definition) is 3. The predicted molar refractivity (Wildman–Crippen MR) is 120 cm³/mol. The van der Waals surface area contributed by atoms with Crippen LogP contribution in [0.15, 0.2) is 36.4 Å². The largest absolute Gasteiger partial charge is 0.462 e. The molecular weight excluding hydrogens is 393 g/mol. The van der Waals surface area contributed by atoms with Crippen molar-refractivity contribution in [3.63, 3.8) is 0 Å². The number of unbranched alkanes of at least 4 members (excludes halogenated alkanes) is 1. The lowest BCUT2D eigenvalue weighted by molar-refractivity contribution is 0.0500. The maximum absolute atomic E-state index is 13.8. The fourth-order valence-electron chi connectivity index (χ4n) is 4.63. The Kier molecular flexibility index (Phi) is 6.50. The highest BCUT2D eigenvalue weighted by molar-refractivity contribution is 5.99. The smallest absolute Gasteiger partial charge is 0.338 e. The van der Waals surface area contributed by atoms with E-state index in [2.05, 4.69) is 11.9 Å². The molecule has 162 valence electrons. The van der Waals surface area contributed by atoms with E-state index in [1.807, 2.05) is 18.2 Å². The molecule has 1 fully saturated rings. The molecule has 1 aliphatic carbocycles. The molecule has 0 bridgehead atoms. The fraction of sp³-hybridized carbons (Fsp3) is 0.385. The monoisotopic (exact) mass is 421 g/mol. The lowest BCUT2D eigenvalue weighted by Gasteiger charge is -2.23. The molecule has 0 atom stereocenters. The van der Waals surface area contributed by atoms with Crippen molar-refractivity contribution in [1.29, 1.82) is 0 Å². The van der Waals surface area contributed by atoms with Gasteiger partial charge in [0.1, 0.15) is 5.82 Å². The highest BCUT2D eigenvalue weighted by Gasteiger charge is 2.25. The molecule has 31 heavy (non-hydrogen) atoms. The van der Waals surface area contributed by atoms with Crippen molar-refractivity contribution in [1.82, 2.24) is 4.98 Å². The van der Waals surface area contributed by atoms with E-state index < -0.39 is 5.82 Å². The van der Waals surface area contributed by atoms with Crippen LogP contribution in [-0.2, 0) is 4.74 Å². The minimum atomic E-state index is -0.432. The van der Waals surface area contributed by atoms with E-state index in [1.54, 1.807) is 6.07 Å². The van der Waals surface area contributed by atoms with Gasteiger partial charge in [-0.3, -0.25) is 4.79 Å². The number of carbonyl (C=O) groups is 2. The van der Waals surface area contributed by atoms with E-state index in [9.17, 15) is 14.0 Å². The summed E-state index contributed by atoms with van der Waals surface area (Å²) in [6, 6.07) is 9.93. The molecular formula is C26H28FNO3. The second-order valence-electron chi connectivity index (χ2n) is 8.35. The molecule has 5 heteroatoms. The van der Waals surface area contributed by atoms with Crippen molar-refractivity contribution in [2.24, 2.45) is 0 Å². The van der Waals surface area contributed by atoms with Crippen LogP contribution in [0.5, 0.6) is 0 Å². The first-order chi connectivity index (χ1) is 15.1. The zero-order chi connectivity index (χ0) is 21.8. The topological polar surface area (TPSA) is 59.2 Å². The normalized spacial score (nSPS) is 14.6. The lowest BCUT2D eigenvalue weighted by atomic mass is 9.81. The van der Waals surface area contributed by atoms with Gasteiger partial charge in [0.2, 0.25) is 0 Å². The third-order valence-corrected chi connectivity index (χ3v) is 6.23. The van der Waals surface area contributed by atoms with Gasteiger partial charge in [-0.05, 0) is 61.1 Å². The van der Waals surface area contributed by atoms with E-state index in [-0.39, 0.29) is 5.97 Å². The van der Waals surface area contributed by atoms with Crippen LogP contribution in [0.25, 0.3) is 22.2 Å². The number of H-pyrrole nitrogens is 1. The van der Waals surface area contributed by atoms with Crippen molar-refractivity contribution < 1.29 is 18.7 Å². The van der Waals surface area contributed by atoms with Gasteiger partial charge >= 0.3 is 5.97 Å². The molecule has 0 saturated heterocycles. The Bertz CT molecular complexity index is 1100. The minimum absolute atomic E-state index is 0.322. The fourth-order valence-corrected chi connectivity index (χ4v) is 4.63. The molecule has 1 saturated carbocycles. The summed E-state index contributed by atoms with van der Waals surface area (Å²) in [5.41, 5.74) is 4.36. The van der Waals surface area contributed by atoms with Crippen LogP contribution in [0.1, 0.15) is 84.1 Å². The second-order valence-corrected chi connectivity index (χ2v) is 8.35. The second kappa shape index (κ2) is 9.46. The minimum Gasteiger partial charge on any atom is -0.462 e. The Labute approximate surface area is 181 Å². The molecule has 1 heterocycles. The first-order valence-electron chi connectivity index (χ1n) is 11.2. The summed E-state index contributed by atoms with van der Waals surface area (Å²) in [5, 5.41) is 1.05. The van der Waals surface area contributed by atoms with Crippen LogP contribution in [0.3, 0.4) is 0 Å². The Morgan fingerprint density at radius 2 is 1.97 bits per heavy atom. The summed E-state index contributed by atoms with van der Waals surface area (Å²) in [7, 11) is 0. The van der Waals surface area contributed by atoms with Crippen LogP contribution in [0.2, 0.25) is 0 Å². The van der Waals surface area contributed by atoms with Crippen molar-refractivity contribution in [3.05, 3.63) is 58.9 Å². The molecule has 1 aromatic heterocycles. The summed E-state index contributed by atoms with van der Waals surface area (Å²) < 4.78 is 19.1. The van der Waals surface area contributed by atoms with Crippen LogP contribution in [0, 0.1) is 5.82 Å². The van der Waals surface area contributed by atoms with Gasteiger partial charge < -0.3 is 9.72 Å². The number of aromatic amines is 1. The van der Waals surface area contributed by atoms with Crippen molar-refractivity contribution in [3.8, 4) is 11.3 Å². The van der Waals surface area contributed by atoms with Gasteiger partial charge in [0.25, 0.3) is 0 Å². The van der Waals surface area contributed by atoms with E-state index in [1.165, 1.54) is 31.4 Å². The maximum atomic E-state index is 13.8. The van der Waals surface area contributed by atoms with Crippen molar-refractivity contribution in [2.75, 3.05) is 6.61 Å². The zero-order valence-corrected chi connectivity index (χ0v) is 17.9. The average Bonchev–Trinajstić information content (AvgIpc) is 3.18. The molecule has 3 aromatic rings. The molecule has 4 rings (SSSR count). The summed E-state index contributed by atoms with van der Waals surface area (Å²) >= 11 is 0. The first-order valence-corrected chi connectivity index (χ1v) is 11.2. The Balaban J connectivity index is 1.82. The third-order valence-electron chi connectivity index (χ3n) is 6.23. The Morgan fingerprint density at radius 1 is 1.16 bits per heavy atom. The summed E-state index contributed by atoms with van der Waals surface area (Å²) in [5.74, 6) is -0.399. The molecule has 0 amide bonds. The third kappa shape index (κ3) is 4.41. The van der Waals surface area contributed by atoms with Crippen LogP contribution >= 0.6 is 0 Å². The van der Waals surface area contributed by atoms with Gasteiger partial charge in [-0.15, -0.1) is 0 Å². The molecule has 0 spiro atoms.